The highest BCUT2D eigenvalue weighted by Gasteiger charge is 2.32. The first-order valence-electron chi connectivity index (χ1n) is 9.09. The Morgan fingerprint density at radius 2 is 2.21 bits per heavy atom. The third kappa shape index (κ3) is 4.50. The second kappa shape index (κ2) is 9.49. The molecule has 154 valence electrons. The van der Waals surface area contributed by atoms with Gasteiger partial charge < -0.3 is 15.2 Å². The molecule has 0 spiro atoms. The molecule has 2 aromatic heterocycles. The van der Waals surface area contributed by atoms with Crippen molar-refractivity contribution in [1.82, 2.24) is 14.3 Å². The zero-order valence-corrected chi connectivity index (χ0v) is 17.8. The molecule has 2 N–H and O–H groups in total. The van der Waals surface area contributed by atoms with Gasteiger partial charge in [0.15, 0.2) is 0 Å². The van der Waals surface area contributed by atoms with Crippen LogP contribution in [-0.4, -0.2) is 63.0 Å². The first-order chi connectivity index (χ1) is 14.0. The number of fused-ring (bicyclic) bond motifs is 1. The number of hydrogen-bond acceptors (Lipinski definition) is 8. The molecular formula is C19H22N4O4S2. The summed E-state index contributed by atoms with van der Waals surface area (Å²) in [5.41, 5.74) is 1.38. The SMILES string of the molecule is COCCN1C(=O)/C(=C\c2c(NCCCO)nc3c(C)cccn3c2=O)SC1=S. The van der Waals surface area contributed by atoms with Crippen molar-refractivity contribution in [2.24, 2.45) is 0 Å². The molecule has 10 heteroatoms. The van der Waals surface area contributed by atoms with E-state index < -0.39 is 0 Å². The summed E-state index contributed by atoms with van der Waals surface area (Å²) in [6, 6.07) is 3.65. The van der Waals surface area contributed by atoms with Crippen LogP contribution in [-0.2, 0) is 9.53 Å². The number of thioether (sulfide) groups is 1. The maximum atomic E-state index is 13.2. The number of methoxy groups -OCH3 is 1. The van der Waals surface area contributed by atoms with Crippen molar-refractivity contribution < 1.29 is 14.6 Å². The molecule has 1 aliphatic heterocycles. The molecule has 0 aromatic carbocycles. The molecule has 2 aromatic rings. The van der Waals surface area contributed by atoms with Crippen LogP contribution in [0.15, 0.2) is 28.0 Å². The zero-order chi connectivity index (χ0) is 21.0. The number of anilines is 1. The average molecular weight is 435 g/mol. The number of hydrogen-bond donors (Lipinski definition) is 2. The lowest BCUT2D eigenvalue weighted by Crippen LogP contribution is -2.31. The molecule has 0 saturated carbocycles. The first-order valence-corrected chi connectivity index (χ1v) is 10.3. The molecule has 3 heterocycles. The largest absolute Gasteiger partial charge is 0.396 e. The van der Waals surface area contributed by atoms with Crippen LogP contribution in [0, 0.1) is 6.92 Å². The summed E-state index contributed by atoms with van der Waals surface area (Å²) in [6.07, 6.45) is 3.70. The van der Waals surface area contributed by atoms with E-state index >= 15 is 0 Å². The number of carbonyl (C=O) groups is 1. The van der Waals surface area contributed by atoms with E-state index in [1.165, 1.54) is 15.4 Å². The van der Waals surface area contributed by atoms with Crippen LogP contribution in [0.3, 0.4) is 0 Å². The number of carbonyl (C=O) groups excluding carboxylic acids is 1. The Bertz CT molecular complexity index is 1030. The van der Waals surface area contributed by atoms with Crippen molar-refractivity contribution in [2.45, 2.75) is 13.3 Å². The third-order valence-corrected chi connectivity index (χ3v) is 5.76. The van der Waals surface area contributed by atoms with Gasteiger partial charge in [0.25, 0.3) is 11.5 Å². The Balaban J connectivity index is 2.07. The standard InChI is InChI=1S/C19H22N4O4S2/c1-12-5-3-7-22-16(12)21-15(20-6-4-9-24)13(17(22)25)11-14-18(26)23(8-10-27-2)19(28)29-14/h3,5,7,11,20,24H,4,6,8-10H2,1-2H3/b14-11+. The Kier molecular flexibility index (Phi) is 7.01. The lowest BCUT2D eigenvalue weighted by atomic mass is 10.2. The second-order valence-corrected chi connectivity index (χ2v) is 8.07. The molecule has 29 heavy (non-hydrogen) atoms. The molecular weight excluding hydrogens is 412 g/mol. The van der Waals surface area contributed by atoms with Crippen molar-refractivity contribution in [3.05, 3.63) is 44.7 Å². The molecule has 0 radical (unpaired) electrons. The molecule has 0 atom stereocenters. The maximum absolute atomic E-state index is 13.2. The van der Waals surface area contributed by atoms with Crippen LogP contribution >= 0.6 is 24.0 Å². The van der Waals surface area contributed by atoms with Crippen molar-refractivity contribution in [3.8, 4) is 0 Å². The van der Waals surface area contributed by atoms with E-state index in [-0.39, 0.29) is 23.6 Å². The summed E-state index contributed by atoms with van der Waals surface area (Å²) < 4.78 is 6.92. The van der Waals surface area contributed by atoms with E-state index in [4.69, 9.17) is 22.1 Å². The molecule has 0 aliphatic carbocycles. The minimum Gasteiger partial charge on any atom is -0.396 e. The highest BCUT2D eigenvalue weighted by molar-refractivity contribution is 8.26. The van der Waals surface area contributed by atoms with Gasteiger partial charge in [0, 0.05) is 26.5 Å². The first kappa shape index (κ1) is 21.4. The van der Waals surface area contributed by atoms with Gasteiger partial charge in [-0.05, 0) is 31.1 Å². The molecule has 1 fully saturated rings. The molecule has 1 saturated heterocycles. The monoisotopic (exact) mass is 434 g/mol. The smallest absolute Gasteiger partial charge is 0.267 e. The average Bonchev–Trinajstić information content (AvgIpc) is 2.97. The molecule has 1 amide bonds. The number of ether oxygens (including phenoxy) is 1. The van der Waals surface area contributed by atoms with Gasteiger partial charge in [0.2, 0.25) is 0 Å². The minimum atomic E-state index is -0.285. The summed E-state index contributed by atoms with van der Waals surface area (Å²) in [5, 5.41) is 12.2. The summed E-state index contributed by atoms with van der Waals surface area (Å²) in [6.45, 7) is 3.06. The lowest BCUT2D eigenvalue weighted by Gasteiger charge is -2.13. The molecule has 3 rings (SSSR count). The number of rotatable bonds is 8. The summed E-state index contributed by atoms with van der Waals surface area (Å²) in [4.78, 5) is 32.3. The number of aliphatic hydroxyl groups is 1. The maximum Gasteiger partial charge on any atom is 0.267 e. The Hall–Kier alpha value is -2.27. The van der Waals surface area contributed by atoms with Crippen molar-refractivity contribution in [2.75, 3.05) is 38.7 Å². The molecule has 1 aliphatic rings. The highest BCUT2D eigenvalue weighted by Crippen LogP contribution is 2.32. The van der Waals surface area contributed by atoms with E-state index in [9.17, 15) is 9.59 Å². The van der Waals surface area contributed by atoms with Gasteiger partial charge in [0.1, 0.15) is 15.8 Å². The minimum absolute atomic E-state index is 0.0199. The summed E-state index contributed by atoms with van der Waals surface area (Å²) in [5.74, 6) is 0.118. The van der Waals surface area contributed by atoms with Gasteiger partial charge in [-0.3, -0.25) is 18.9 Å². The van der Waals surface area contributed by atoms with E-state index in [1.54, 1.807) is 19.4 Å². The number of aliphatic hydroxyl groups excluding tert-OH is 1. The number of amides is 1. The van der Waals surface area contributed by atoms with E-state index in [0.717, 1.165) is 17.3 Å². The van der Waals surface area contributed by atoms with E-state index in [1.807, 2.05) is 13.0 Å². The fourth-order valence-corrected chi connectivity index (χ4v) is 4.16. The number of thiocarbonyl (C=S) groups is 1. The predicted molar refractivity (Wildman–Crippen MR) is 118 cm³/mol. The van der Waals surface area contributed by atoms with Gasteiger partial charge in [0.05, 0.1) is 23.6 Å². The van der Waals surface area contributed by atoms with Gasteiger partial charge in [-0.1, -0.05) is 30.0 Å². The van der Waals surface area contributed by atoms with Gasteiger partial charge in [-0.25, -0.2) is 4.98 Å². The van der Waals surface area contributed by atoms with Crippen LogP contribution in [0.25, 0.3) is 11.7 Å². The number of nitrogens with one attached hydrogen (secondary N) is 1. The lowest BCUT2D eigenvalue weighted by molar-refractivity contribution is -0.122. The topological polar surface area (TPSA) is 96.2 Å². The number of aryl methyl sites for hydroxylation is 1. The van der Waals surface area contributed by atoms with Crippen LogP contribution in [0.4, 0.5) is 5.82 Å². The van der Waals surface area contributed by atoms with Crippen LogP contribution < -0.4 is 10.9 Å². The quantitative estimate of drug-likeness (QED) is 0.368. The van der Waals surface area contributed by atoms with Crippen LogP contribution in [0.2, 0.25) is 0 Å². The summed E-state index contributed by atoms with van der Waals surface area (Å²) in [7, 11) is 1.56. The van der Waals surface area contributed by atoms with E-state index in [2.05, 4.69) is 10.3 Å². The van der Waals surface area contributed by atoms with Crippen molar-refractivity contribution in [1.29, 1.82) is 0 Å². The van der Waals surface area contributed by atoms with Crippen LogP contribution in [0.1, 0.15) is 17.5 Å². The summed E-state index contributed by atoms with van der Waals surface area (Å²) >= 11 is 6.45. The zero-order valence-electron chi connectivity index (χ0n) is 16.2. The normalized spacial score (nSPS) is 15.7. The van der Waals surface area contributed by atoms with Gasteiger partial charge in [-0.2, -0.15) is 0 Å². The third-order valence-electron chi connectivity index (χ3n) is 4.38. The highest BCUT2D eigenvalue weighted by atomic mass is 32.2. The van der Waals surface area contributed by atoms with Crippen molar-refractivity contribution in [3.63, 3.8) is 0 Å². The Labute approximate surface area is 177 Å². The molecule has 8 nitrogen and oxygen atoms in total. The van der Waals surface area contributed by atoms with Crippen molar-refractivity contribution >= 4 is 51.7 Å². The van der Waals surface area contributed by atoms with Crippen LogP contribution in [0.5, 0.6) is 0 Å². The second-order valence-electron chi connectivity index (χ2n) is 6.39. The Morgan fingerprint density at radius 3 is 2.93 bits per heavy atom. The fourth-order valence-electron chi connectivity index (χ4n) is 2.87. The molecule has 0 bridgehead atoms. The number of aromatic nitrogens is 2. The number of nitrogens with zero attached hydrogens (tertiary/aromatic N) is 3. The van der Waals surface area contributed by atoms with Gasteiger partial charge in [-0.15, -0.1) is 0 Å². The Morgan fingerprint density at radius 1 is 1.41 bits per heavy atom. The fraction of sp³-hybridized carbons (Fsp3) is 0.368. The van der Waals surface area contributed by atoms with Gasteiger partial charge >= 0.3 is 0 Å². The number of pyridine rings is 1. The predicted octanol–water partition coefficient (Wildman–Crippen LogP) is 1.64. The van der Waals surface area contributed by atoms with E-state index in [0.29, 0.717) is 46.8 Å². The molecule has 0 unspecified atom stereocenters.